The van der Waals surface area contributed by atoms with Crippen LogP contribution in [0.4, 0.5) is 0 Å². The number of aromatic nitrogens is 2. The maximum atomic E-state index is 5.81. The van der Waals surface area contributed by atoms with E-state index >= 15 is 0 Å². The molecule has 0 unspecified atom stereocenters. The molecule has 0 spiro atoms. The van der Waals surface area contributed by atoms with E-state index in [1.165, 1.54) is 0 Å². The molecule has 6 heteroatoms. The second-order valence-electron chi connectivity index (χ2n) is 5.11. The molecular formula is C18H18N2O3S. The highest BCUT2D eigenvalue weighted by atomic mass is 32.2. The summed E-state index contributed by atoms with van der Waals surface area (Å²) in [6, 6.07) is 15.4. The second kappa shape index (κ2) is 7.40. The van der Waals surface area contributed by atoms with Gasteiger partial charge in [-0.3, -0.25) is 0 Å². The molecule has 3 aromatic rings. The van der Waals surface area contributed by atoms with Crippen molar-refractivity contribution >= 4 is 11.8 Å². The summed E-state index contributed by atoms with van der Waals surface area (Å²) in [5, 5.41) is 8.37. The normalized spacial score (nSPS) is 12.0. The Balaban J connectivity index is 1.71. The zero-order chi connectivity index (χ0) is 16.9. The zero-order valence-electron chi connectivity index (χ0n) is 13.7. The minimum atomic E-state index is 0.0536. The van der Waals surface area contributed by atoms with Crippen LogP contribution in [0.1, 0.15) is 18.1 Å². The average molecular weight is 342 g/mol. The predicted molar refractivity (Wildman–Crippen MR) is 93.6 cm³/mol. The number of thioether (sulfide) groups is 1. The summed E-state index contributed by atoms with van der Waals surface area (Å²) in [7, 11) is 3.29. The Kier molecular flexibility index (Phi) is 5.05. The second-order valence-corrected chi connectivity index (χ2v) is 6.52. The fourth-order valence-corrected chi connectivity index (χ4v) is 3.06. The van der Waals surface area contributed by atoms with Crippen molar-refractivity contribution in [2.45, 2.75) is 17.1 Å². The number of hydrogen-bond acceptors (Lipinski definition) is 6. The molecule has 1 heterocycles. The Hall–Kier alpha value is -2.47. The third kappa shape index (κ3) is 3.71. The lowest BCUT2D eigenvalue weighted by Gasteiger charge is -2.07. The fourth-order valence-electron chi connectivity index (χ4n) is 2.16. The van der Waals surface area contributed by atoms with Crippen molar-refractivity contribution in [2.24, 2.45) is 0 Å². The molecule has 0 N–H and O–H groups in total. The maximum Gasteiger partial charge on any atom is 0.247 e. The van der Waals surface area contributed by atoms with Crippen molar-refractivity contribution in [2.75, 3.05) is 14.2 Å². The summed E-state index contributed by atoms with van der Waals surface area (Å²) in [4.78, 5) is 1.12. The highest BCUT2D eigenvalue weighted by molar-refractivity contribution is 7.99. The summed E-state index contributed by atoms with van der Waals surface area (Å²) >= 11 is 1.66. The van der Waals surface area contributed by atoms with E-state index in [-0.39, 0.29) is 5.25 Å². The smallest absolute Gasteiger partial charge is 0.247 e. The number of rotatable bonds is 6. The molecule has 0 aliphatic heterocycles. The Morgan fingerprint density at radius 2 is 1.46 bits per heavy atom. The van der Waals surface area contributed by atoms with E-state index in [9.17, 15) is 0 Å². The molecule has 0 aliphatic rings. The molecule has 1 atom stereocenters. The van der Waals surface area contributed by atoms with Crippen LogP contribution in [-0.2, 0) is 0 Å². The van der Waals surface area contributed by atoms with Crippen molar-refractivity contribution in [1.29, 1.82) is 0 Å². The van der Waals surface area contributed by atoms with Crippen LogP contribution in [0.25, 0.3) is 11.5 Å². The van der Waals surface area contributed by atoms with Crippen molar-refractivity contribution in [3.63, 3.8) is 0 Å². The molecular weight excluding hydrogens is 324 g/mol. The average Bonchev–Trinajstić information content (AvgIpc) is 3.13. The van der Waals surface area contributed by atoms with Gasteiger partial charge in [0.1, 0.15) is 11.5 Å². The Bertz CT molecular complexity index is 785. The minimum absolute atomic E-state index is 0.0536. The van der Waals surface area contributed by atoms with E-state index in [0.29, 0.717) is 11.8 Å². The van der Waals surface area contributed by atoms with Gasteiger partial charge in [-0.1, -0.05) is 0 Å². The van der Waals surface area contributed by atoms with Crippen molar-refractivity contribution in [3.8, 4) is 23.0 Å². The topological polar surface area (TPSA) is 57.4 Å². The van der Waals surface area contributed by atoms with E-state index in [2.05, 4.69) is 10.2 Å². The van der Waals surface area contributed by atoms with Gasteiger partial charge in [-0.2, -0.15) is 0 Å². The number of ether oxygens (including phenoxy) is 2. The fraction of sp³-hybridized carbons (Fsp3) is 0.222. The van der Waals surface area contributed by atoms with Gasteiger partial charge in [-0.25, -0.2) is 0 Å². The van der Waals surface area contributed by atoms with Crippen LogP contribution in [-0.4, -0.2) is 24.4 Å². The first-order valence-electron chi connectivity index (χ1n) is 7.48. The Morgan fingerprint density at radius 3 is 2.04 bits per heavy atom. The van der Waals surface area contributed by atoms with Crippen molar-refractivity contribution < 1.29 is 13.9 Å². The van der Waals surface area contributed by atoms with Crippen molar-refractivity contribution in [3.05, 3.63) is 54.4 Å². The number of nitrogens with zero attached hydrogens (tertiary/aromatic N) is 2. The highest BCUT2D eigenvalue weighted by Gasteiger charge is 2.16. The lowest BCUT2D eigenvalue weighted by molar-refractivity contribution is 0.414. The summed E-state index contributed by atoms with van der Waals surface area (Å²) in [5.74, 6) is 2.74. The number of methoxy groups -OCH3 is 2. The lowest BCUT2D eigenvalue weighted by Crippen LogP contribution is -1.89. The van der Waals surface area contributed by atoms with E-state index < -0.39 is 0 Å². The molecule has 2 aromatic carbocycles. The van der Waals surface area contributed by atoms with Gasteiger partial charge in [0.2, 0.25) is 11.8 Å². The molecule has 0 fully saturated rings. The van der Waals surface area contributed by atoms with E-state index in [1.807, 2.05) is 55.5 Å². The molecule has 5 nitrogen and oxygen atoms in total. The van der Waals surface area contributed by atoms with Crippen LogP contribution >= 0.6 is 11.8 Å². The van der Waals surface area contributed by atoms with Crippen LogP contribution in [0, 0.1) is 0 Å². The zero-order valence-corrected chi connectivity index (χ0v) is 14.5. The standard InChI is InChI=1S/C18H18N2O3S/c1-12(24-16-10-8-15(22-3)9-11-16)17-19-20-18(23-17)13-4-6-14(21-2)7-5-13/h4-12H,1-3H3/t12-/m1/s1. The first-order chi connectivity index (χ1) is 11.7. The molecule has 0 aliphatic carbocycles. The summed E-state index contributed by atoms with van der Waals surface area (Å²) in [5.41, 5.74) is 0.871. The first-order valence-corrected chi connectivity index (χ1v) is 8.36. The molecule has 124 valence electrons. The SMILES string of the molecule is COc1ccc(S[C@H](C)c2nnc(-c3ccc(OC)cc3)o2)cc1. The minimum Gasteiger partial charge on any atom is -0.497 e. The molecule has 3 rings (SSSR count). The van der Waals surface area contributed by atoms with Gasteiger partial charge in [0.15, 0.2) is 0 Å². The first kappa shape index (κ1) is 16.4. The van der Waals surface area contributed by atoms with Gasteiger partial charge < -0.3 is 13.9 Å². The van der Waals surface area contributed by atoms with Gasteiger partial charge in [0.25, 0.3) is 0 Å². The van der Waals surface area contributed by atoms with Gasteiger partial charge in [-0.15, -0.1) is 22.0 Å². The predicted octanol–water partition coefficient (Wildman–Crippen LogP) is 4.61. The van der Waals surface area contributed by atoms with Crippen LogP contribution in [0.15, 0.2) is 57.8 Å². The summed E-state index contributed by atoms with van der Waals surface area (Å²) in [6.45, 7) is 2.04. The van der Waals surface area contributed by atoms with E-state index in [4.69, 9.17) is 13.9 Å². The summed E-state index contributed by atoms with van der Waals surface area (Å²) in [6.07, 6.45) is 0. The molecule has 0 saturated heterocycles. The largest absolute Gasteiger partial charge is 0.497 e. The highest BCUT2D eigenvalue weighted by Crippen LogP contribution is 2.35. The van der Waals surface area contributed by atoms with Crippen LogP contribution < -0.4 is 9.47 Å². The Labute approximate surface area is 145 Å². The molecule has 0 radical (unpaired) electrons. The van der Waals surface area contributed by atoms with Gasteiger partial charge >= 0.3 is 0 Å². The van der Waals surface area contributed by atoms with Crippen LogP contribution in [0.2, 0.25) is 0 Å². The van der Waals surface area contributed by atoms with Crippen molar-refractivity contribution in [1.82, 2.24) is 10.2 Å². The monoisotopic (exact) mass is 342 g/mol. The molecule has 0 amide bonds. The Morgan fingerprint density at radius 1 is 0.875 bits per heavy atom. The van der Waals surface area contributed by atoms with Gasteiger partial charge in [0.05, 0.1) is 19.5 Å². The molecule has 0 bridgehead atoms. The summed E-state index contributed by atoms with van der Waals surface area (Å²) < 4.78 is 16.1. The third-order valence-corrected chi connectivity index (χ3v) is 4.60. The van der Waals surface area contributed by atoms with Gasteiger partial charge in [0, 0.05) is 10.5 Å². The van der Waals surface area contributed by atoms with Crippen LogP contribution in [0.3, 0.4) is 0 Å². The third-order valence-electron chi connectivity index (χ3n) is 3.50. The van der Waals surface area contributed by atoms with Crippen LogP contribution in [0.5, 0.6) is 11.5 Å². The molecule has 1 aromatic heterocycles. The van der Waals surface area contributed by atoms with Gasteiger partial charge in [-0.05, 0) is 55.5 Å². The molecule has 0 saturated carbocycles. The molecule has 24 heavy (non-hydrogen) atoms. The maximum absolute atomic E-state index is 5.81. The quantitative estimate of drug-likeness (QED) is 0.610. The number of benzene rings is 2. The number of hydrogen-bond donors (Lipinski definition) is 0. The lowest BCUT2D eigenvalue weighted by atomic mass is 10.2. The van der Waals surface area contributed by atoms with E-state index in [0.717, 1.165) is 22.0 Å². The van der Waals surface area contributed by atoms with E-state index in [1.54, 1.807) is 26.0 Å².